The first-order chi connectivity index (χ1) is 12.7. The summed E-state index contributed by atoms with van der Waals surface area (Å²) in [6.45, 7) is 14.0. The number of hydrogen-bond acceptors (Lipinski definition) is 4. The first-order valence-corrected chi connectivity index (χ1v) is 11.2. The molecule has 5 fully saturated rings. The molecule has 2 saturated carbocycles. The third-order valence-corrected chi connectivity index (χ3v) is 9.45. The van der Waals surface area contributed by atoms with Gasteiger partial charge in [-0.3, -0.25) is 0 Å². The fraction of sp³-hybridized carbons (Fsp3) is 1.00. The van der Waals surface area contributed by atoms with Crippen LogP contribution in [0.5, 0.6) is 0 Å². The number of ether oxygens (including phenoxy) is 4. The molecule has 0 bridgehead atoms. The standard InChI is InChI=1S/C23H38O4/c1-16-6-7-17-20(4)14-25-19(2,3)26-18(20)8-9-21(17,5)23(16)11-10-22(27-23)12-13-24-15-22/h16-18H,6-15H2,1-5H3/t16-,17+,18+,20+,21+,22+,23-/m1/s1. The lowest BCUT2D eigenvalue weighted by atomic mass is 9.43. The molecular formula is C23H38O4. The molecule has 3 aliphatic heterocycles. The maximum absolute atomic E-state index is 7.18. The van der Waals surface area contributed by atoms with Crippen molar-refractivity contribution in [3.8, 4) is 0 Å². The highest BCUT2D eigenvalue weighted by Gasteiger charge is 2.70. The van der Waals surface area contributed by atoms with Crippen molar-refractivity contribution in [1.82, 2.24) is 0 Å². The van der Waals surface area contributed by atoms with Crippen molar-refractivity contribution in [2.75, 3.05) is 19.8 Å². The van der Waals surface area contributed by atoms with E-state index in [4.69, 9.17) is 18.9 Å². The molecule has 0 N–H and O–H groups in total. The SMILES string of the molecule is C[C@@H]1CC[C@H]2[C@]3(C)COC(C)(C)O[C@H]3CC[C@]2(C)[C@@]12CC[C@@]1(CCOC1)O2. The summed E-state index contributed by atoms with van der Waals surface area (Å²) >= 11 is 0. The Kier molecular flexibility index (Phi) is 3.99. The summed E-state index contributed by atoms with van der Waals surface area (Å²) < 4.78 is 25.6. The monoisotopic (exact) mass is 378 g/mol. The van der Waals surface area contributed by atoms with Gasteiger partial charge in [0.15, 0.2) is 5.79 Å². The average molecular weight is 379 g/mol. The van der Waals surface area contributed by atoms with Crippen molar-refractivity contribution in [3.63, 3.8) is 0 Å². The molecule has 2 spiro atoms. The fourth-order valence-corrected chi connectivity index (χ4v) is 7.86. The Hall–Kier alpha value is -0.160. The van der Waals surface area contributed by atoms with E-state index in [1.54, 1.807) is 0 Å². The predicted molar refractivity (Wildman–Crippen MR) is 103 cm³/mol. The van der Waals surface area contributed by atoms with Crippen molar-refractivity contribution in [3.05, 3.63) is 0 Å². The van der Waals surface area contributed by atoms with Crippen LogP contribution in [0.15, 0.2) is 0 Å². The second kappa shape index (κ2) is 5.71. The van der Waals surface area contributed by atoms with Crippen LogP contribution in [0.25, 0.3) is 0 Å². The largest absolute Gasteiger partial charge is 0.378 e. The van der Waals surface area contributed by atoms with Gasteiger partial charge in [0.1, 0.15) is 0 Å². The smallest absolute Gasteiger partial charge is 0.163 e. The normalized spacial score (nSPS) is 57.0. The van der Waals surface area contributed by atoms with E-state index in [0.717, 1.165) is 32.7 Å². The van der Waals surface area contributed by atoms with E-state index in [1.807, 2.05) is 0 Å². The van der Waals surface area contributed by atoms with Gasteiger partial charge in [0.05, 0.1) is 30.5 Å². The second-order valence-corrected chi connectivity index (χ2v) is 11.3. The van der Waals surface area contributed by atoms with Gasteiger partial charge in [-0.2, -0.15) is 0 Å². The van der Waals surface area contributed by atoms with Gasteiger partial charge in [-0.15, -0.1) is 0 Å². The summed E-state index contributed by atoms with van der Waals surface area (Å²) in [4.78, 5) is 0. The van der Waals surface area contributed by atoms with Gasteiger partial charge in [0.25, 0.3) is 0 Å². The van der Waals surface area contributed by atoms with Crippen molar-refractivity contribution < 1.29 is 18.9 Å². The fourth-order valence-electron chi connectivity index (χ4n) is 7.86. The quantitative estimate of drug-likeness (QED) is 0.612. The minimum atomic E-state index is -0.452. The first-order valence-electron chi connectivity index (χ1n) is 11.2. The molecule has 154 valence electrons. The summed E-state index contributed by atoms with van der Waals surface area (Å²) in [5.41, 5.74) is 0.250. The van der Waals surface area contributed by atoms with E-state index in [2.05, 4.69) is 34.6 Å². The molecule has 27 heavy (non-hydrogen) atoms. The van der Waals surface area contributed by atoms with Gasteiger partial charge < -0.3 is 18.9 Å². The van der Waals surface area contributed by atoms with Crippen molar-refractivity contribution in [1.29, 1.82) is 0 Å². The topological polar surface area (TPSA) is 36.9 Å². The van der Waals surface area contributed by atoms with Crippen molar-refractivity contribution in [2.24, 2.45) is 22.7 Å². The Morgan fingerprint density at radius 2 is 1.67 bits per heavy atom. The van der Waals surface area contributed by atoms with Crippen LogP contribution >= 0.6 is 0 Å². The zero-order valence-electron chi connectivity index (χ0n) is 17.9. The summed E-state index contributed by atoms with van der Waals surface area (Å²) in [5.74, 6) is 0.751. The molecule has 7 atom stereocenters. The van der Waals surface area contributed by atoms with Gasteiger partial charge in [-0.05, 0) is 64.2 Å². The van der Waals surface area contributed by atoms with E-state index in [0.29, 0.717) is 17.9 Å². The van der Waals surface area contributed by atoms with E-state index >= 15 is 0 Å². The van der Waals surface area contributed by atoms with Gasteiger partial charge in [0, 0.05) is 23.9 Å². The van der Waals surface area contributed by atoms with Crippen LogP contribution < -0.4 is 0 Å². The molecule has 3 saturated heterocycles. The Bertz CT molecular complexity index is 611. The lowest BCUT2D eigenvalue weighted by Crippen LogP contribution is -2.68. The van der Waals surface area contributed by atoms with Gasteiger partial charge in [-0.25, -0.2) is 0 Å². The average Bonchev–Trinajstić information content (AvgIpc) is 3.23. The van der Waals surface area contributed by atoms with Crippen LogP contribution in [0.2, 0.25) is 0 Å². The molecule has 0 aromatic heterocycles. The molecule has 4 heteroatoms. The molecule has 0 amide bonds. The highest BCUT2D eigenvalue weighted by atomic mass is 16.7. The van der Waals surface area contributed by atoms with Gasteiger partial charge >= 0.3 is 0 Å². The molecule has 0 radical (unpaired) electrons. The van der Waals surface area contributed by atoms with E-state index in [1.165, 1.54) is 32.1 Å². The Morgan fingerprint density at radius 1 is 0.852 bits per heavy atom. The summed E-state index contributed by atoms with van der Waals surface area (Å²) in [6.07, 6.45) is 8.58. The second-order valence-electron chi connectivity index (χ2n) is 11.3. The lowest BCUT2D eigenvalue weighted by molar-refractivity contribution is -0.358. The van der Waals surface area contributed by atoms with Crippen LogP contribution in [0.4, 0.5) is 0 Å². The maximum atomic E-state index is 7.18. The lowest BCUT2D eigenvalue weighted by Gasteiger charge is -2.67. The molecule has 0 aromatic carbocycles. The molecule has 5 rings (SSSR count). The number of rotatable bonds is 0. The molecular weight excluding hydrogens is 340 g/mol. The first kappa shape index (κ1) is 18.8. The molecule has 4 nitrogen and oxygen atoms in total. The molecule has 5 aliphatic rings. The third kappa shape index (κ3) is 2.42. The van der Waals surface area contributed by atoms with Crippen LogP contribution in [-0.2, 0) is 18.9 Å². The van der Waals surface area contributed by atoms with Crippen molar-refractivity contribution in [2.45, 2.75) is 103 Å². The zero-order chi connectivity index (χ0) is 19.1. The van der Waals surface area contributed by atoms with Crippen LogP contribution in [-0.4, -0.2) is 42.9 Å². The number of fused-ring (bicyclic) bond motifs is 4. The van der Waals surface area contributed by atoms with Crippen molar-refractivity contribution >= 4 is 0 Å². The highest BCUT2D eigenvalue weighted by Crippen LogP contribution is 2.69. The molecule has 2 aliphatic carbocycles. The minimum Gasteiger partial charge on any atom is -0.378 e. The van der Waals surface area contributed by atoms with Crippen LogP contribution in [0, 0.1) is 22.7 Å². The van der Waals surface area contributed by atoms with Crippen LogP contribution in [0.1, 0.15) is 79.6 Å². The van der Waals surface area contributed by atoms with Gasteiger partial charge in [0.2, 0.25) is 0 Å². The highest BCUT2D eigenvalue weighted by molar-refractivity contribution is 5.18. The Morgan fingerprint density at radius 3 is 2.41 bits per heavy atom. The van der Waals surface area contributed by atoms with E-state index in [9.17, 15) is 0 Å². The molecule has 3 heterocycles. The zero-order valence-corrected chi connectivity index (χ0v) is 17.9. The third-order valence-electron chi connectivity index (χ3n) is 9.45. The minimum absolute atomic E-state index is 0.00936. The summed E-state index contributed by atoms with van der Waals surface area (Å²) in [5, 5.41) is 0. The Balaban J connectivity index is 1.51. The van der Waals surface area contributed by atoms with E-state index in [-0.39, 0.29) is 22.0 Å². The molecule has 0 unspecified atom stereocenters. The number of hydrogen-bond donors (Lipinski definition) is 0. The Labute approximate surface area is 164 Å². The molecule has 0 aromatic rings. The van der Waals surface area contributed by atoms with Gasteiger partial charge in [-0.1, -0.05) is 20.8 Å². The predicted octanol–water partition coefficient (Wildman–Crippen LogP) is 4.70. The van der Waals surface area contributed by atoms with Crippen LogP contribution in [0.3, 0.4) is 0 Å². The summed E-state index contributed by atoms with van der Waals surface area (Å²) in [7, 11) is 0. The van der Waals surface area contributed by atoms with E-state index < -0.39 is 5.79 Å². The summed E-state index contributed by atoms with van der Waals surface area (Å²) in [6, 6.07) is 0. The maximum Gasteiger partial charge on any atom is 0.163 e.